The third-order valence-electron chi connectivity index (χ3n) is 5.02. The topological polar surface area (TPSA) is 220 Å². The van der Waals surface area contributed by atoms with Crippen LogP contribution in [-0.4, -0.2) is 65.6 Å². The molecule has 2 aromatic carbocycles. The molecule has 0 atom stereocenters. The molecular weight excluding hydrogens is 536 g/mol. The maximum absolute atomic E-state index is 11.8. The summed E-state index contributed by atoms with van der Waals surface area (Å²) in [6.45, 7) is -0.207. The number of carbonyl (C=O) groups is 4. The number of ether oxygens (including phenoxy) is 4. The molecule has 1 heterocycles. The number of esters is 4. The van der Waals surface area contributed by atoms with Crippen LogP contribution in [0.1, 0.15) is 52.6 Å². The van der Waals surface area contributed by atoms with Gasteiger partial charge in [-0.15, -0.1) is 11.6 Å². The molecular formula is C23H19ClO14. The van der Waals surface area contributed by atoms with E-state index >= 15 is 0 Å². The molecule has 0 saturated carbocycles. The quantitative estimate of drug-likeness (QED) is 0.232. The highest BCUT2D eigenvalue weighted by Crippen LogP contribution is 2.33. The van der Waals surface area contributed by atoms with Gasteiger partial charge >= 0.3 is 23.9 Å². The van der Waals surface area contributed by atoms with E-state index in [0.29, 0.717) is 0 Å². The number of aromatic hydroxyl groups is 4. The van der Waals surface area contributed by atoms with E-state index in [9.17, 15) is 49.2 Å². The third-order valence-corrected chi connectivity index (χ3v) is 5.31. The fourth-order valence-corrected chi connectivity index (χ4v) is 3.44. The number of fused-ring (bicyclic) bond motifs is 1. The molecule has 3 rings (SSSR count). The van der Waals surface area contributed by atoms with E-state index < -0.39 is 74.4 Å². The summed E-state index contributed by atoms with van der Waals surface area (Å²) in [7, 11) is 3.09. The standard InChI is InChI=1S/C12H11ClO7.C11H8O7/c1-19-11(17)7-5(4-13)3-6(14)9(15)10(16)8(7)12(18)20-2;1-17-10(15)7-6-4(3-18-11(6)16)2-5(12)8(13)9(7)14/h3H,4H2,1-2H3,(H2,14,15,16);2H,3H2,1H3,(H2,12,13,14). The SMILES string of the molecule is COC(=O)c1c(CCl)cc(=O)c(O)c(O)c1C(=O)OC.COC(=O)c1c(O)c(O)c(=O)cc2c1C(=O)OC2. The van der Waals surface area contributed by atoms with Gasteiger partial charge in [0.1, 0.15) is 17.7 Å². The van der Waals surface area contributed by atoms with Crippen molar-refractivity contribution in [3.63, 3.8) is 0 Å². The lowest BCUT2D eigenvalue weighted by atomic mass is 10.1. The summed E-state index contributed by atoms with van der Waals surface area (Å²) in [4.78, 5) is 69.5. The summed E-state index contributed by atoms with van der Waals surface area (Å²) < 4.78 is 18.0. The van der Waals surface area contributed by atoms with E-state index in [4.69, 9.17) is 11.6 Å². The molecule has 0 aliphatic carbocycles. The van der Waals surface area contributed by atoms with Crippen molar-refractivity contribution in [3.8, 4) is 23.0 Å². The van der Waals surface area contributed by atoms with E-state index in [0.717, 1.165) is 33.5 Å². The monoisotopic (exact) mass is 554 g/mol. The highest BCUT2D eigenvalue weighted by Gasteiger charge is 2.32. The molecule has 0 spiro atoms. The average molecular weight is 555 g/mol. The first-order chi connectivity index (χ1) is 17.9. The molecule has 0 fully saturated rings. The number of methoxy groups -OCH3 is 3. The van der Waals surface area contributed by atoms with Crippen LogP contribution in [0, 0.1) is 0 Å². The van der Waals surface area contributed by atoms with E-state index in [1.165, 1.54) is 0 Å². The molecule has 1 aliphatic rings. The number of cyclic esters (lactones) is 1. The van der Waals surface area contributed by atoms with Gasteiger partial charge in [0.25, 0.3) is 0 Å². The Morgan fingerprint density at radius 1 is 0.763 bits per heavy atom. The zero-order valence-electron chi connectivity index (χ0n) is 19.8. The summed E-state index contributed by atoms with van der Waals surface area (Å²) in [5, 5.41) is 38.4. The van der Waals surface area contributed by atoms with Crippen LogP contribution in [0.2, 0.25) is 0 Å². The number of alkyl halides is 1. The van der Waals surface area contributed by atoms with Gasteiger partial charge in [0.15, 0.2) is 11.5 Å². The molecule has 15 heteroatoms. The highest BCUT2D eigenvalue weighted by atomic mass is 35.5. The van der Waals surface area contributed by atoms with Gasteiger partial charge in [-0.05, 0) is 17.7 Å². The van der Waals surface area contributed by atoms with Gasteiger partial charge in [0.2, 0.25) is 22.4 Å². The molecule has 14 nitrogen and oxygen atoms in total. The molecule has 38 heavy (non-hydrogen) atoms. The van der Waals surface area contributed by atoms with E-state index in [-0.39, 0.29) is 29.2 Å². The van der Waals surface area contributed by atoms with Gasteiger partial charge < -0.3 is 39.4 Å². The van der Waals surface area contributed by atoms with Crippen molar-refractivity contribution in [1.82, 2.24) is 0 Å². The number of halogens is 1. The van der Waals surface area contributed by atoms with E-state index in [2.05, 4.69) is 18.9 Å². The van der Waals surface area contributed by atoms with Crippen LogP contribution in [-0.2, 0) is 31.4 Å². The van der Waals surface area contributed by atoms with Crippen molar-refractivity contribution in [2.24, 2.45) is 0 Å². The summed E-state index contributed by atoms with van der Waals surface area (Å²) in [6, 6.07) is 1.77. The Hall–Kier alpha value is -4.85. The Balaban J connectivity index is 0.000000268. The summed E-state index contributed by atoms with van der Waals surface area (Å²) >= 11 is 5.63. The van der Waals surface area contributed by atoms with Gasteiger partial charge in [0, 0.05) is 11.4 Å². The molecule has 2 aromatic rings. The lowest BCUT2D eigenvalue weighted by Crippen LogP contribution is -2.13. The maximum atomic E-state index is 11.8. The van der Waals surface area contributed by atoms with E-state index in [1.54, 1.807) is 0 Å². The zero-order chi connectivity index (χ0) is 28.9. The van der Waals surface area contributed by atoms with Crippen molar-refractivity contribution in [2.75, 3.05) is 21.3 Å². The number of rotatable bonds is 4. The van der Waals surface area contributed by atoms with Crippen molar-refractivity contribution < 1.29 is 58.6 Å². The fourth-order valence-electron chi connectivity index (χ4n) is 3.23. The molecule has 0 amide bonds. The molecule has 0 unspecified atom stereocenters. The van der Waals surface area contributed by atoms with Crippen LogP contribution in [0.4, 0.5) is 0 Å². The maximum Gasteiger partial charge on any atom is 0.342 e. The Morgan fingerprint density at radius 2 is 1.21 bits per heavy atom. The van der Waals surface area contributed by atoms with Crippen LogP contribution in [0.25, 0.3) is 0 Å². The van der Waals surface area contributed by atoms with Crippen LogP contribution < -0.4 is 10.9 Å². The molecule has 1 aliphatic heterocycles. The van der Waals surface area contributed by atoms with Crippen molar-refractivity contribution in [3.05, 3.63) is 66.0 Å². The lowest BCUT2D eigenvalue weighted by Gasteiger charge is -2.07. The smallest absolute Gasteiger partial charge is 0.342 e. The van der Waals surface area contributed by atoms with Crippen LogP contribution in [0.3, 0.4) is 0 Å². The summed E-state index contributed by atoms with van der Waals surface area (Å²) in [6.07, 6.45) is 0. The minimum Gasteiger partial charge on any atom is -0.504 e. The predicted molar refractivity (Wildman–Crippen MR) is 125 cm³/mol. The number of hydrogen-bond acceptors (Lipinski definition) is 14. The van der Waals surface area contributed by atoms with Gasteiger partial charge in [-0.1, -0.05) is 0 Å². The van der Waals surface area contributed by atoms with Gasteiger partial charge in [-0.2, -0.15) is 0 Å². The van der Waals surface area contributed by atoms with Gasteiger partial charge in [-0.3, -0.25) is 9.59 Å². The molecule has 202 valence electrons. The van der Waals surface area contributed by atoms with Crippen molar-refractivity contribution >= 4 is 35.5 Å². The Morgan fingerprint density at radius 3 is 1.71 bits per heavy atom. The average Bonchev–Trinajstić information content (AvgIpc) is 3.18. The number of hydrogen-bond donors (Lipinski definition) is 4. The fraction of sp³-hybridized carbons (Fsp3) is 0.217. The second-order valence-electron chi connectivity index (χ2n) is 7.15. The first-order valence-corrected chi connectivity index (χ1v) is 10.6. The van der Waals surface area contributed by atoms with Crippen molar-refractivity contribution in [1.29, 1.82) is 0 Å². The minimum absolute atomic E-state index is 0.0838. The first kappa shape index (κ1) is 29.4. The normalized spacial score (nSPS) is 11.3. The predicted octanol–water partition coefficient (Wildman–Crippen LogP) is 0.685. The second-order valence-corrected chi connectivity index (χ2v) is 7.41. The third kappa shape index (κ3) is 5.44. The second kappa shape index (κ2) is 11.9. The molecule has 0 radical (unpaired) electrons. The van der Waals surface area contributed by atoms with E-state index in [1.807, 2.05) is 0 Å². The Kier molecular flexibility index (Phi) is 9.22. The summed E-state index contributed by atoms with van der Waals surface area (Å²) in [5.41, 5.74) is -3.86. The number of carbonyl (C=O) groups excluding carboxylic acids is 4. The molecule has 4 N–H and O–H groups in total. The Labute approximate surface area is 217 Å². The zero-order valence-corrected chi connectivity index (χ0v) is 20.6. The summed E-state index contributed by atoms with van der Waals surface area (Å²) in [5.74, 6) is -8.54. The minimum atomic E-state index is -1.12. The van der Waals surface area contributed by atoms with Crippen LogP contribution >= 0.6 is 11.6 Å². The molecule has 0 saturated heterocycles. The molecule has 0 aromatic heterocycles. The first-order valence-electron chi connectivity index (χ1n) is 10.1. The van der Waals surface area contributed by atoms with Gasteiger partial charge in [0.05, 0.1) is 32.5 Å². The Bertz CT molecular complexity index is 1460. The van der Waals surface area contributed by atoms with Crippen molar-refractivity contribution in [2.45, 2.75) is 12.5 Å². The van der Waals surface area contributed by atoms with Gasteiger partial charge in [-0.25, -0.2) is 19.2 Å². The van der Waals surface area contributed by atoms with Crippen LogP contribution in [0.15, 0.2) is 21.7 Å². The highest BCUT2D eigenvalue weighted by molar-refractivity contribution is 6.18. The van der Waals surface area contributed by atoms with Crippen LogP contribution in [0.5, 0.6) is 23.0 Å². The molecule has 0 bridgehead atoms. The lowest BCUT2D eigenvalue weighted by molar-refractivity contribution is 0.0515. The largest absolute Gasteiger partial charge is 0.504 e.